The summed E-state index contributed by atoms with van der Waals surface area (Å²) in [6.45, 7) is 9.34. The molecule has 0 radical (unpaired) electrons. The van der Waals surface area contributed by atoms with Crippen LogP contribution in [0.5, 0.6) is 0 Å². The largest absolute Gasteiger partial charge is 0.338 e. The molecule has 1 aliphatic rings. The molecule has 0 saturated carbocycles. The zero-order chi connectivity index (χ0) is 16.9. The van der Waals surface area contributed by atoms with Gasteiger partial charge in [0.2, 0.25) is 5.89 Å². The van der Waals surface area contributed by atoms with Gasteiger partial charge in [-0.3, -0.25) is 9.80 Å². The van der Waals surface area contributed by atoms with Gasteiger partial charge in [-0.2, -0.15) is 4.98 Å². The number of aryl methyl sites for hydroxylation is 2. The lowest BCUT2D eigenvalue weighted by Gasteiger charge is -2.36. The highest BCUT2D eigenvalue weighted by Crippen LogP contribution is 2.21. The fraction of sp³-hybridized carbons (Fsp3) is 0.706. The Morgan fingerprint density at radius 1 is 1.25 bits per heavy atom. The quantitative estimate of drug-likeness (QED) is 0.773. The first kappa shape index (κ1) is 17.1. The fourth-order valence-corrected chi connectivity index (χ4v) is 3.09. The summed E-state index contributed by atoms with van der Waals surface area (Å²) in [6, 6.07) is 0.184. The Morgan fingerprint density at radius 2 is 2.04 bits per heavy atom. The molecule has 1 fully saturated rings. The second-order valence-electron chi connectivity index (χ2n) is 6.59. The molecule has 7 nitrogen and oxygen atoms in total. The number of hydrogen-bond donors (Lipinski definition) is 0. The average Bonchev–Trinajstić information content (AvgIpc) is 3.23. The molecule has 2 aromatic rings. The van der Waals surface area contributed by atoms with Gasteiger partial charge in [0.1, 0.15) is 5.82 Å². The van der Waals surface area contributed by atoms with E-state index in [0.29, 0.717) is 0 Å². The number of aromatic nitrogens is 4. The van der Waals surface area contributed by atoms with Crippen LogP contribution in [0.4, 0.5) is 0 Å². The summed E-state index contributed by atoms with van der Waals surface area (Å²) in [7, 11) is 2.05. The molecule has 7 heteroatoms. The highest BCUT2D eigenvalue weighted by Gasteiger charge is 2.26. The van der Waals surface area contributed by atoms with Gasteiger partial charge >= 0.3 is 0 Å². The molecule has 0 bridgehead atoms. The maximum Gasteiger partial charge on any atom is 0.243 e. The summed E-state index contributed by atoms with van der Waals surface area (Å²) in [5.74, 6) is 2.71. The van der Waals surface area contributed by atoms with Gasteiger partial charge in [0.15, 0.2) is 5.82 Å². The molecule has 2 aromatic heterocycles. The summed E-state index contributed by atoms with van der Waals surface area (Å²) >= 11 is 0. The second kappa shape index (κ2) is 7.90. The Balaban J connectivity index is 1.50. The molecule has 0 aromatic carbocycles. The van der Waals surface area contributed by atoms with Crippen molar-refractivity contribution in [3.8, 4) is 0 Å². The van der Waals surface area contributed by atoms with Crippen LogP contribution in [-0.4, -0.2) is 55.7 Å². The van der Waals surface area contributed by atoms with Crippen molar-refractivity contribution in [1.82, 2.24) is 29.5 Å². The van der Waals surface area contributed by atoms with Gasteiger partial charge in [0, 0.05) is 52.0 Å². The number of imidazole rings is 1. The summed E-state index contributed by atoms with van der Waals surface area (Å²) in [6.07, 6.45) is 7.03. The Kier molecular flexibility index (Phi) is 5.63. The van der Waals surface area contributed by atoms with Gasteiger partial charge < -0.3 is 9.09 Å². The molecule has 1 unspecified atom stereocenters. The number of rotatable bonds is 7. The molecule has 132 valence electrons. The lowest BCUT2D eigenvalue weighted by Crippen LogP contribution is -2.46. The van der Waals surface area contributed by atoms with Gasteiger partial charge in [-0.1, -0.05) is 18.5 Å². The van der Waals surface area contributed by atoms with Gasteiger partial charge in [-0.15, -0.1) is 0 Å². The zero-order valence-corrected chi connectivity index (χ0v) is 15.0. The standard InChI is InChI=1S/C17H28N6O/c1-4-5-6-15-19-17(24-20-15)14(2)23-11-9-22(10-12-23)13-16-18-7-8-21(16)3/h7-8,14H,4-6,9-13H2,1-3H3. The highest BCUT2D eigenvalue weighted by atomic mass is 16.5. The SMILES string of the molecule is CCCCc1noc(C(C)N2CCN(Cc3nccn3C)CC2)n1. The van der Waals surface area contributed by atoms with E-state index in [1.54, 1.807) is 0 Å². The van der Waals surface area contributed by atoms with E-state index in [2.05, 4.69) is 43.3 Å². The predicted octanol–water partition coefficient (Wildman–Crippen LogP) is 2.02. The van der Waals surface area contributed by atoms with E-state index in [9.17, 15) is 0 Å². The van der Waals surface area contributed by atoms with Crippen LogP contribution in [0.15, 0.2) is 16.9 Å². The molecule has 3 rings (SSSR count). The molecule has 1 aliphatic heterocycles. The smallest absolute Gasteiger partial charge is 0.243 e. The lowest BCUT2D eigenvalue weighted by molar-refractivity contribution is 0.0827. The van der Waals surface area contributed by atoms with Crippen LogP contribution in [0.2, 0.25) is 0 Å². The van der Waals surface area contributed by atoms with E-state index >= 15 is 0 Å². The third kappa shape index (κ3) is 4.02. The molecule has 0 N–H and O–H groups in total. The van der Waals surface area contributed by atoms with Gasteiger partial charge in [0.05, 0.1) is 12.6 Å². The van der Waals surface area contributed by atoms with Crippen molar-refractivity contribution in [2.45, 2.75) is 45.7 Å². The maximum atomic E-state index is 5.47. The minimum atomic E-state index is 0.184. The Bertz CT molecular complexity index is 629. The van der Waals surface area contributed by atoms with E-state index in [1.807, 2.05) is 19.4 Å². The minimum Gasteiger partial charge on any atom is -0.338 e. The lowest BCUT2D eigenvalue weighted by atomic mass is 10.2. The average molecular weight is 332 g/mol. The van der Waals surface area contributed by atoms with E-state index in [-0.39, 0.29) is 6.04 Å². The summed E-state index contributed by atoms with van der Waals surface area (Å²) in [5, 5.41) is 4.11. The van der Waals surface area contributed by atoms with Crippen LogP contribution < -0.4 is 0 Å². The molecule has 1 atom stereocenters. The molecular formula is C17H28N6O. The van der Waals surface area contributed by atoms with Gasteiger partial charge in [0.25, 0.3) is 0 Å². The first-order valence-electron chi connectivity index (χ1n) is 8.92. The number of hydrogen-bond acceptors (Lipinski definition) is 6. The van der Waals surface area contributed by atoms with E-state index in [4.69, 9.17) is 4.52 Å². The first-order valence-corrected chi connectivity index (χ1v) is 8.92. The van der Waals surface area contributed by atoms with Crippen molar-refractivity contribution >= 4 is 0 Å². The third-order valence-electron chi connectivity index (χ3n) is 4.84. The molecule has 0 spiro atoms. The summed E-state index contributed by atoms with van der Waals surface area (Å²) in [4.78, 5) is 13.9. The van der Waals surface area contributed by atoms with E-state index < -0.39 is 0 Å². The van der Waals surface area contributed by atoms with Crippen molar-refractivity contribution in [1.29, 1.82) is 0 Å². The minimum absolute atomic E-state index is 0.184. The zero-order valence-electron chi connectivity index (χ0n) is 15.0. The third-order valence-corrected chi connectivity index (χ3v) is 4.84. The Hall–Kier alpha value is -1.73. The van der Waals surface area contributed by atoms with Crippen LogP contribution in [-0.2, 0) is 20.0 Å². The number of unbranched alkanes of at least 4 members (excludes halogenated alkanes) is 1. The molecule has 24 heavy (non-hydrogen) atoms. The topological polar surface area (TPSA) is 63.2 Å². The van der Waals surface area contributed by atoms with E-state index in [1.165, 1.54) is 0 Å². The predicted molar refractivity (Wildman–Crippen MR) is 91.4 cm³/mol. The highest BCUT2D eigenvalue weighted by molar-refractivity contribution is 4.95. The van der Waals surface area contributed by atoms with Gasteiger partial charge in [-0.25, -0.2) is 4.98 Å². The van der Waals surface area contributed by atoms with Crippen LogP contribution >= 0.6 is 0 Å². The molecule has 0 aliphatic carbocycles. The van der Waals surface area contributed by atoms with Crippen molar-refractivity contribution in [3.63, 3.8) is 0 Å². The Morgan fingerprint density at radius 3 is 2.71 bits per heavy atom. The Labute approximate surface area is 143 Å². The molecular weight excluding hydrogens is 304 g/mol. The van der Waals surface area contributed by atoms with Crippen molar-refractivity contribution in [3.05, 3.63) is 29.9 Å². The van der Waals surface area contributed by atoms with Crippen LogP contribution in [0.3, 0.4) is 0 Å². The number of piperazine rings is 1. The first-order chi connectivity index (χ1) is 11.7. The number of nitrogens with zero attached hydrogens (tertiary/aromatic N) is 6. The normalized spacial score (nSPS) is 18.1. The van der Waals surface area contributed by atoms with Crippen LogP contribution in [0, 0.1) is 0 Å². The monoisotopic (exact) mass is 332 g/mol. The van der Waals surface area contributed by atoms with E-state index in [0.717, 1.165) is 69.5 Å². The molecule has 0 amide bonds. The van der Waals surface area contributed by atoms with Crippen molar-refractivity contribution < 1.29 is 4.52 Å². The maximum absolute atomic E-state index is 5.47. The van der Waals surface area contributed by atoms with Crippen LogP contribution in [0.1, 0.15) is 50.3 Å². The van der Waals surface area contributed by atoms with Gasteiger partial charge in [-0.05, 0) is 13.3 Å². The second-order valence-corrected chi connectivity index (χ2v) is 6.59. The summed E-state index contributed by atoms with van der Waals surface area (Å²) < 4.78 is 7.56. The fourth-order valence-electron chi connectivity index (χ4n) is 3.09. The van der Waals surface area contributed by atoms with Crippen LogP contribution in [0.25, 0.3) is 0 Å². The van der Waals surface area contributed by atoms with Crippen molar-refractivity contribution in [2.75, 3.05) is 26.2 Å². The molecule has 3 heterocycles. The van der Waals surface area contributed by atoms with Crippen molar-refractivity contribution in [2.24, 2.45) is 7.05 Å². The summed E-state index contributed by atoms with van der Waals surface area (Å²) in [5.41, 5.74) is 0. The molecule has 1 saturated heterocycles.